The van der Waals surface area contributed by atoms with Crippen LogP contribution in [0.2, 0.25) is 0 Å². The predicted molar refractivity (Wildman–Crippen MR) is 90.8 cm³/mol. The maximum Gasteiger partial charge on any atom is 0.307 e. The Balaban J connectivity index is 1.95. The number of ether oxygens (including phenoxy) is 1. The molecular weight excluding hydrogens is 274 g/mol. The van der Waals surface area contributed by atoms with Crippen LogP contribution >= 0.6 is 0 Å². The summed E-state index contributed by atoms with van der Waals surface area (Å²) in [6.45, 7) is 8.39. The number of hydrogen-bond donors (Lipinski definition) is 1. The number of rotatable bonds is 5. The summed E-state index contributed by atoms with van der Waals surface area (Å²) in [7, 11) is 0. The third kappa shape index (κ3) is 4.57. The summed E-state index contributed by atoms with van der Waals surface area (Å²) in [5.74, 6) is -0.162. The highest BCUT2D eigenvalue weighted by Gasteiger charge is 2.16. The summed E-state index contributed by atoms with van der Waals surface area (Å²) in [6, 6.07) is 14.9. The Morgan fingerprint density at radius 1 is 1.14 bits per heavy atom. The SMILES string of the molecule is C[C@H](NCCC(=O)OC(C)(C)C)c1cccc2ccccc12. The lowest BCUT2D eigenvalue weighted by Gasteiger charge is -2.20. The van der Waals surface area contributed by atoms with Crippen LogP contribution in [0.4, 0.5) is 0 Å². The number of nitrogens with one attached hydrogen (secondary N) is 1. The van der Waals surface area contributed by atoms with Crippen LogP contribution in [0.1, 0.15) is 45.7 Å². The molecule has 0 saturated carbocycles. The molecule has 2 aromatic rings. The topological polar surface area (TPSA) is 38.3 Å². The average Bonchev–Trinajstić information content (AvgIpc) is 2.44. The summed E-state index contributed by atoms with van der Waals surface area (Å²) in [4.78, 5) is 11.7. The van der Waals surface area contributed by atoms with Crippen molar-refractivity contribution in [2.45, 2.75) is 45.8 Å². The number of esters is 1. The van der Waals surface area contributed by atoms with Gasteiger partial charge in [0, 0.05) is 12.6 Å². The van der Waals surface area contributed by atoms with E-state index in [-0.39, 0.29) is 12.0 Å². The van der Waals surface area contributed by atoms with Crippen molar-refractivity contribution in [2.24, 2.45) is 0 Å². The van der Waals surface area contributed by atoms with E-state index in [1.807, 2.05) is 26.8 Å². The van der Waals surface area contributed by atoms with E-state index in [0.29, 0.717) is 13.0 Å². The molecule has 0 heterocycles. The predicted octanol–water partition coefficient (Wildman–Crippen LogP) is 4.22. The zero-order valence-electron chi connectivity index (χ0n) is 13.8. The molecule has 2 aromatic carbocycles. The molecule has 1 N–H and O–H groups in total. The molecule has 0 saturated heterocycles. The molecule has 0 spiro atoms. The molecule has 0 aliphatic heterocycles. The van der Waals surface area contributed by atoms with Crippen molar-refractivity contribution in [1.29, 1.82) is 0 Å². The molecule has 0 radical (unpaired) electrons. The summed E-state index contributed by atoms with van der Waals surface area (Å²) in [5.41, 5.74) is 0.834. The van der Waals surface area contributed by atoms with Crippen LogP contribution in [0, 0.1) is 0 Å². The zero-order chi connectivity index (χ0) is 16.2. The fraction of sp³-hybridized carbons (Fsp3) is 0.421. The van der Waals surface area contributed by atoms with Crippen molar-refractivity contribution >= 4 is 16.7 Å². The third-order valence-corrected chi connectivity index (χ3v) is 3.49. The van der Waals surface area contributed by atoms with Gasteiger partial charge in [0.2, 0.25) is 0 Å². The van der Waals surface area contributed by atoms with Gasteiger partial charge in [-0.1, -0.05) is 42.5 Å². The van der Waals surface area contributed by atoms with Crippen molar-refractivity contribution in [3.05, 3.63) is 48.0 Å². The molecule has 1 atom stereocenters. The Morgan fingerprint density at radius 3 is 2.55 bits per heavy atom. The minimum atomic E-state index is -0.418. The number of carbonyl (C=O) groups is 1. The smallest absolute Gasteiger partial charge is 0.307 e. The van der Waals surface area contributed by atoms with E-state index in [2.05, 4.69) is 48.6 Å². The first-order chi connectivity index (χ1) is 10.4. The maximum absolute atomic E-state index is 11.7. The number of carbonyl (C=O) groups excluding carboxylic acids is 1. The van der Waals surface area contributed by atoms with Crippen LogP contribution in [0.5, 0.6) is 0 Å². The first kappa shape index (κ1) is 16.5. The Labute approximate surface area is 132 Å². The van der Waals surface area contributed by atoms with E-state index >= 15 is 0 Å². The average molecular weight is 299 g/mol. The molecule has 0 aliphatic rings. The van der Waals surface area contributed by atoms with E-state index in [4.69, 9.17) is 4.74 Å². The summed E-state index contributed by atoms with van der Waals surface area (Å²) < 4.78 is 5.32. The van der Waals surface area contributed by atoms with Gasteiger partial charge >= 0.3 is 5.97 Å². The van der Waals surface area contributed by atoms with Crippen LogP contribution in [0.15, 0.2) is 42.5 Å². The van der Waals surface area contributed by atoms with Gasteiger partial charge in [0.25, 0.3) is 0 Å². The zero-order valence-corrected chi connectivity index (χ0v) is 13.8. The fourth-order valence-corrected chi connectivity index (χ4v) is 2.52. The Bertz CT molecular complexity index is 638. The van der Waals surface area contributed by atoms with Gasteiger partial charge < -0.3 is 10.1 Å². The lowest BCUT2D eigenvalue weighted by Crippen LogP contribution is -2.27. The van der Waals surface area contributed by atoms with Gasteiger partial charge in [0.05, 0.1) is 6.42 Å². The molecule has 22 heavy (non-hydrogen) atoms. The standard InChI is InChI=1S/C19H25NO2/c1-14(20-13-12-18(21)22-19(2,3)4)16-11-7-9-15-8-5-6-10-17(15)16/h5-11,14,20H,12-13H2,1-4H3/t14-/m0/s1. The normalized spacial score (nSPS) is 13.1. The molecule has 0 aliphatic carbocycles. The number of benzene rings is 2. The van der Waals surface area contributed by atoms with Gasteiger partial charge in [-0.15, -0.1) is 0 Å². The second-order valence-electron chi connectivity index (χ2n) is 6.58. The Morgan fingerprint density at radius 2 is 1.82 bits per heavy atom. The van der Waals surface area contributed by atoms with E-state index in [1.54, 1.807) is 0 Å². The molecule has 0 bridgehead atoms. The summed E-state index contributed by atoms with van der Waals surface area (Å²) in [5, 5.41) is 5.90. The van der Waals surface area contributed by atoms with Gasteiger partial charge in [0.1, 0.15) is 5.60 Å². The van der Waals surface area contributed by atoms with Crippen molar-refractivity contribution in [2.75, 3.05) is 6.54 Å². The molecule has 0 fully saturated rings. The van der Waals surface area contributed by atoms with Crippen LogP contribution in [0.3, 0.4) is 0 Å². The molecule has 118 valence electrons. The van der Waals surface area contributed by atoms with E-state index in [0.717, 1.165) is 0 Å². The first-order valence-electron chi connectivity index (χ1n) is 7.80. The van der Waals surface area contributed by atoms with Gasteiger partial charge in [0.15, 0.2) is 0 Å². The third-order valence-electron chi connectivity index (χ3n) is 3.49. The van der Waals surface area contributed by atoms with Crippen LogP contribution < -0.4 is 5.32 Å². The Kier molecular flexibility index (Phi) is 5.19. The molecule has 3 nitrogen and oxygen atoms in total. The van der Waals surface area contributed by atoms with Crippen molar-refractivity contribution in [1.82, 2.24) is 5.32 Å². The largest absolute Gasteiger partial charge is 0.460 e. The Hall–Kier alpha value is -1.87. The minimum Gasteiger partial charge on any atom is -0.460 e. The fourth-order valence-electron chi connectivity index (χ4n) is 2.52. The highest BCUT2D eigenvalue weighted by molar-refractivity contribution is 5.86. The van der Waals surface area contributed by atoms with Gasteiger partial charge in [-0.2, -0.15) is 0 Å². The van der Waals surface area contributed by atoms with Crippen molar-refractivity contribution < 1.29 is 9.53 Å². The summed E-state index contributed by atoms with van der Waals surface area (Å²) in [6.07, 6.45) is 0.381. The van der Waals surface area contributed by atoms with E-state index < -0.39 is 5.60 Å². The van der Waals surface area contributed by atoms with Crippen LogP contribution in [-0.4, -0.2) is 18.1 Å². The molecule has 0 unspecified atom stereocenters. The maximum atomic E-state index is 11.7. The second kappa shape index (κ2) is 6.93. The highest BCUT2D eigenvalue weighted by atomic mass is 16.6. The van der Waals surface area contributed by atoms with E-state index in [9.17, 15) is 4.79 Å². The number of hydrogen-bond acceptors (Lipinski definition) is 3. The molecule has 3 heteroatoms. The van der Waals surface area contributed by atoms with Gasteiger partial charge in [-0.3, -0.25) is 4.79 Å². The summed E-state index contributed by atoms with van der Waals surface area (Å²) >= 11 is 0. The second-order valence-corrected chi connectivity index (χ2v) is 6.58. The molecular formula is C19H25NO2. The lowest BCUT2D eigenvalue weighted by molar-refractivity contribution is -0.154. The minimum absolute atomic E-state index is 0.162. The molecule has 2 rings (SSSR count). The monoisotopic (exact) mass is 299 g/mol. The quantitative estimate of drug-likeness (QED) is 0.840. The lowest BCUT2D eigenvalue weighted by atomic mass is 10.00. The molecule has 0 aromatic heterocycles. The van der Waals surface area contributed by atoms with Crippen molar-refractivity contribution in [3.8, 4) is 0 Å². The van der Waals surface area contributed by atoms with Gasteiger partial charge in [-0.25, -0.2) is 0 Å². The van der Waals surface area contributed by atoms with Gasteiger partial charge in [-0.05, 0) is 44.0 Å². The van der Waals surface area contributed by atoms with Crippen molar-refractivity contribution in [3.63, 3.8) is 0 Å². The molecule has 0 amide bonds. The number of fused-ring (bicyclic) bond motifs is 1. The van der Waals surface area contributed by atoms with Crippen LogP contribution in [-0.2, 0) is 9.53 Å². The van der Waals surface area contributed by atoms with E-state index in [1.165, 1.54) is 16.3 Å². The van der Waals surface area contributed by atoms with Crippen LogP contribution in [0.25, 0.3) is 10.8 Å². The highest BCUT2D eigenvalue weighted by Crippen LogP contribution is 2.23. The first-order valence-corrected chi connectivity index (χ1v) is 7.80.